The molecular formula is C14H16N2O. The van der Waals surface area contributed by atoms with Crippen molar-refractivity contribution in [3.63, 3.8) is 0 Å². The van der Waals surface area contributed by atoms with Crippen molar-refractivity contribution in [2.24, 2.45) is 7.05 Å². The quantitative estimate of drug-likeness (QED) is 0.861. The summed E-state index contributed by atoms with van der Waals surface area (Å²) in [5, 5.41) is 2.94. The molecule has 0 aliphatic rings. The van der Waals surface area contributed by atoms with Crippen molar-refractivity contribution < 1.29 is 4.79 Å². The Bertz CT molecular complexity index is 529. The van der Waals surface area contributed by atoms with Gasteiger partial charge < -0.3 is 9.88 Å². The number of hydrogen-bond acceptors (Lipinski definition) is 1. The number of carbonyl (C=O) groups is 1. The van der Waals surface area contributed by atoms with Gasteiger partial charge in [0.1, 0.15) is 0 Å². The van der Waals surface area contributed by atoms with Crippen LogP contribution in [-0.4, -0.2) is 10.5 Å². The Morgan fingerprint density at radius 2 is 2.06 bits per heavy atom. The molecule has 2 rings (SSSR count). The summed E-state index contributed by atoms with van der Waals surface area (Å²) in [6.07, 6.45) is 4.58. The summed E-state index contributed by atoms with van der Waals surface area (Å²) in [6, 6.07) is 9.68. The molecule has 1 heterocycles. The minimum atomic E-state index is -0.0634. The van der Waals surface area contributed by atoms with Gasteiger partial charge in [-0.25, -0.2) is 0 Å². The van der Waals surface area contributed by atoms with Crippen LogP contribution in [0, 0.1) is 0 Å². The number of anilines is 1. The molecule has 0 spiro atoms. The number of aryl methyl sites for hydroxylation is 2. The fourth-order valence-electron chi connectivity index (χ4n) is 1.78. The maximum absolute atomic E-state index is 12.0. The molecule has 0 fully saturated rings. The fraction of sp³-hybridized carbons (Fsp3) is 0.214. The first-order chi connectivity index (χ1) is 8.20. The monoisotopic (exact) mass is 228 g/mol. The van der Waals surface area contributed by atoms with Crippen LogP contribution in [0.4, 0.5) is 5.69 Å². The highest BCUT2D eigenvalue weighted by Gasteiger charge is 2.08. The van der Waals surface area contributed by atoms with E-state index in [-0.39, 0.29) is 5.91 Å². The van der Waals surface area contributed by atoms with E-state index in [0.717, 1.165) is 17.7 Å². The van der Waals surface area contributed by atoms with Gasteiger partial charge in [-0.1, -0.05) is 25.1 Å². The highest BCUT2D eigenvalue weighted by Crippen LogP contribution is 2.16. The third-order valence-corrected chi connectivity index (χ3v) is 2.74. The maximum atomic E-state index is 12.0. The molecule has 0 radical (unpaired) electrons. The van der Waals surface area contributed by atoms with Crippen LogP contribution < -0.4 is 5.32 Å². The minimum Gasteiger partial charge on any atom is -0.356 e. The molecule has 17 heavy (non-hydrogen) atoms. The second-order valence-electron chi connectivity index (χ2n) is 4.03. The molecule has 0 saturated heterocycles. The molecule has 1 aromatic heterocycles. The SMILES string of the molecule is CCc1ccccc1NC(=O)c1ccn(C)c1. The van der Waals surface area contributed by atoms with Crippen molar-refractivity contribution in [2.75, 3.05) is 5.32 Å². The highest BCUT2D eigenvalue weighted by molar-refractivity contribution is 6.04. The van der Waals surface area contributed by atoms with Gasteiger partial charge in [0, 0.05) is 25.1 Å². The van der Waals surface area contributed by atoms with Crippen LogP contribution in [0.25, 0.3) is 0 Å². The number of rotatable bonds is 3. The van der Waals surface area contributed by atoms with Gasteiger partial charge in [-0.15, -0.1) is 0 Å². The number of benzene rings is 1. The second kappa shape index (κ2) is 4.87. The Balaban J connectivity index is 2.18. The smallest absolute Gasteiger partial charge is 0.257 e. The standard InChI is InChI=1S/C14H16N2O/c1-3-11-6-4-5-7-13(11)15-14(17)12-8-9-16(2)10-12/h4-10H,3H2,1-2H3,(H,15,17). The van der Waals surface area contributed by atoms with Gasteiger partial charge in [-0.05, 0) is 24.1 Å². The molecule has 0 aliphatic carbocycles. The molecule has 0 bridgehead atoms. The maximum Gasteiger partial charge on any atom is 0.257 e. The van der Waals surface area contributed by atoms with E-state index < -0.39 is 0 Å². The molecule has 0 aliphatic heterocycles. The summed E-state index contributed by atoms with van der Waals surface area (Å²) in [5.74, 6) is -0.0634. The zero-order valence-corrected chi connectivity index (χ0v) is 10.1. The predicted octanol–water partition coefficient (Wildman–Crippen LogP) is 2.84. The number of carbonyl (C=O) groups excluding carboxylic acids is 1. The largest absolute Gasteiger partial charge is 0.356 e. The number of aromatic nitrogens is 1. The Morgan fingerprint density at radius 1 is 1.29 bits per heavy atom. The zero-order chi connectivity index (χ0) is 12.3. The second-order valence-corrected chi connectivity index (χ2v) is 4.03. The summed E-state index contributed by atoms with van der Waals surface area (Å²) in [7, 11) is 1.90. The molecule has 3 heteroatoms. The van der Waals surface area contributed by atoms with Crippen molar-refractivity contribution in [2.45, 2.75) is 13.3 Å². The highest BCUT2D eigenvalue weighted by atomic mass is 16.1. The summed E-state index contributed by atoms with van der Waals surface area (Å²) < 4.78 is 1.86. The average molecular weight is 228 g/mol. The topological polar surface area (TPSA) is 34.0 Å². The van der Waals surface area contributed by atoms with Gasteiger partial charge in [0.2, 0.25) is 0 Å². The van der Waals surface area contributed by atoms with E-state index in [2.05, 4.69) is 12.2 Å². The van der Waals surface area contributed by atoms with Crippen LogP contribution in [0.5, 0.6) is 0 Å². The van der Waals surface area contributed by atoms with E-state index in [1.165, 1.54) is 0 Å². The molecule has 3 nitrogen and oxygen atoms in total. The lowest BCUT2D eigenvalue weighted by atomic mass is 10.1. The molecule has 1 amide bonds. The van der Waals surface area contributed by atoms with Crippen molar-refractivity contribution in [3.8, 4) is 0 Å². The van der Waals surface area contributed by atoms with Crippen LogP contribution in [0.1, 0.15) is 22.8 Å². The van der Waals surface area contributed by atoms with Gasteiger partial charge in [0.05, 0.1) is 5.56 Å². The Morgan fingerprint density at radius 3 is 2.71 bits per heavy atom. The Labute approximate surface area is 101 Å². The molecule has 1 aromatic carbocycles. The first-order valence-electron chi connectivity index (χ1n) is 5.72. The van der Waals surface area contributed by atoms with E-state index >= 15 is 0 Å². The van der Waals surface area contributed by atoms with Crippen LogP contribution in [0.3, 0.4) is 0 Å². The summed E-state index contributed by atoms with van der Waals surface area (Å²) in [6.45, 7) is 2.08. The van der Waals surface area contributed by atoms with Crippen LogP contribution in [-0.2, 0) is 13.5 Å². The molecule has 0 saturated carbocycles. The molecule has 0 atom stereocenters. The van der Waals surface area contributed by atoms with Crippen LogP contribution >= 0.6 is 0 Å². The third kappa shape index (κ3) is 2.56. The molecule has 2 aromatic rings. The number of nitrogens with one attached hydrogen (secondary N) is 1. The van der Waals surface area contributed by atoms with Crippen molar-refractivity contribution in [3.05, 3.63) is 53.9 Å². The number of para-hydroxylation sites is 1. The van der Waals surface area contributed by atoms with Gasteiger partial charge in [-0.2, -0.15) is 0 Å². The molecular weight excluding hydrogens is 212 g/mol. The lowest BCUT2D eigenvalue weighted by Gasteiger charge is -2.08. The van der Waals surface area contributed by atoms with Crippen molar-refractivity contribution in [1.29, 1.82) is 0 Å². The van der Waals surface area contributed by atoms with E-state index in [1.54, 1.807) is 0 Å². The Hall–Kier alpha value is -2.03. The van der Waals surface area contributed by atoms with E-state index in [9.17, 15) is 4.79 Å². The number of hydrogen-bond donors (Lipinski definition) is 1. The van der Waals surface area contributed by atoms with E-state index in [0.29, 0.717) is 5.56 Å². The summed E-state index contributed by atoms with van der Waals surface area (Å²) in [4.78, 5) is 12.0. The van der Waals surface area contributed by atoms with Gasteiger partial charge in [0.15, 0.2) is 0 Å². The summed E-state index contributed by atoms with van der Waals surface area (Å²) >= 11 is 0. The van der Waals surface area contributed by atoms with Gasteiger partial charge in [0.25, 0.3) is 5.91 Å². The first kappa shape index (κ1) is 11.5. The molecule has 0 unspecified atom stereocenters. The molecule has 88 valence electrons. The number of nitrogens with zero attached hydrogens (tertiary/aromatic N) is 1. The predicted molar refractivity (Wildman–Crippen MR) is 69.2 cm³/mol. The average Bonchev–Trinajstić information content (AvgIpc) is 2.77. The zero-order valence-electron chi connectivity index (χ0n) is 10.1. The van der Waals surface area contributed by atoms with Crippen LogP contribution in [0.15, 0.2) is 42.7 Å². The van der Waals surface area contributed by atoms with E-state index in [1.807, 2.05) is 54.3 Å². The lowest BCUT2D eigenvalue weighted by molar-refractivity contribution is 0.102. The van der Waals surface area contributed by atoms with Gasteiger partial charge >= 0.3 is 0 Å². The van der Waals surface area contributed by atoms with E-state index in [4.69, 9.17) is 0 Å². The van der Waals surface area contributed by atoms with Crippen molar-refractivity contribution >= 4 is 11.6 Å². The molecule has 1 N–H and O–H groups in total. The van der Waals surface area contributed by atoms with Crippen LogP contribution in [0.2, 0.25) is 0 Å². The number of amides is 1. The Kier molecular flexibility index (Phi) is 3.28. The fourth-order valence-corrected chi connectivity index (χ4v) is 1.78. The van der Waals surface area contributed by atoms with Crippen molar-refractivity contribution in [1.82, 2.24) is 4.57 Å². The summed E-state index contributed by atoms with van der Waals surface area (Å²) in [5.41, 5.74) is 2.72. The first-order valence-corrected chi connectivity index (χ1v) is 5.72. The minimum absolute atomic E-state index is 0.0634. The van der Waals surface area contributed by atoms with Gasteiger partial charge in [-0.3, -0.25) is 4.79 Å². The third-order valence-electron chi connectivity index (χ3n) is 2.74. The normalized spacial score (nSPS) is 10.2. The lowest BCUT2D eigenvalue weighted by Crippen LogP contribution is -2.12.